The third kappa shape index (κ3) is 5.25. The van der Waals surface area contributed by atoms with Crippen LogP contribution in [0, 0.1) is 23.7 Å². The van der Waals surface area contributed by atoms with Crippen molar-refractivity contribution in [2.24, 2.45) is 23.7 Å². The van der Waals surface area contributed by atoms with Crippen molar-refractivity contribution in [3.8, 4) is 5.75 Å². The normalized spacial score (nSPS) is 27.6. The van der Waals surface area contributed by atoms with Crippen molar-refractivity contribution in [1.82, 2.24) is 4.90 Å². The van der Waals surface area contributed by atoms with Crippen LogP contribution in [0.3, 0.4) is 0 Å². The molecule has 252 valence electrons. The minimum Gasteiger partial charge on any atom is -0.508 e. The zero-order chi connectivity index (χ0) is 34.6. The van der Waals surface area contributed by atoms with Gasteiger partial charge in [0.2, 0.25) is 23.6 Å². The van der Waals surface area contributed by atoms with Crippen LogP contribution in [-0.2, 0) is 29.4 Å². The van der Waals surface area contributed by atoms with Gasteiger partial charge >= 0.3 is 5.97 Å². The summed E-state index contributed by atoms with van der Waals surface area (Å²) in [6, 6.07) is 20.3. The van der Waals surface area contributed by atoms with E-state index in [1.54, 1.807) is 30.3 Å². The Kier molecular flexibility index (Phi) is 8.61. The third-order valence-electron chi connectivity index (χ3n) is 10.8. The first-order valence-electron chi connectivity index (χ1n) is 16.5. The number of allylic oxidation sites excluding steroid dienone is 2. The lowest BCUT2D eigenvalue weighted by Gasteiger charge is -2.51. The number of hydrogen-bond donors (Lipinski definition) is 2. The molecule has 0 spiro atoms. The number of hydrogen-bond acceptors (Lipinski definition) is 6. The Labute approximate surface area is 293 Å². The highest BCUT2D eigenvalue weighted by Crippen LogP contribution is 2.65. The number of nitrogens with zero attached hydrogens (tertiary/aromatic N) is 2. The Bertz CT molecular complexity index is 1910. The average Bonchev–Trinajstić information content (AvgIpc) is 3.45. The third-order valence-corrected chi connectivity index (χ3v) is 11.4. The van der Waals surface area contributed by atoms with Crippen LogP contribution in [0.1, 0.15) is 55.6 Å². The summed E-state index contributed by atoms with van der Waals surface area (Å²) in [6.07, 6.45) is 3.91. The molecule has 4 amide bonds. The molecular formula is C38H34Cl2N2O7. The Morgan fingerprint density at radius 1 is 0.857 bits per heavy atom. The van der Waals surface area contributed by atoms with Crippen molar-refractivity contribution in [3.05, 3.63) is 106 Å². The molecule has 6 atom stereocenters. The Hall–Kier alpha value is -4.47. The molecule has 49 heavy (non-hydrogen) atoms. The number of aliphatic carboxylic acids is 1. The highest BCUT2D eigenvalue weighted by molar-refractivity contribution is 6.33. The number of amides is 4. The first-order chi connectivity index (χ1) is 23.5. The van der Waals surface area contributed by atoms with E-state index in [1.165, 1.54) is 21.9 Å². The number of carbonyl (C=O) groups excluding carboxylic acids is 4. The number of anilines is 1. The molecule has 0 bridgehead atoms. The van der Waals surface area contributed by atoms with Crippen molar-refractivity contribution in [2.45, 2.75) is 49.9 Å². The van der Waals surface area contributed by atoms with Crippen LogP contribution in [0.4, 0.5) is 5.69 Å². The molecule has 9 nitrogen and oxygen atoms in total. The molecule has 2 aliphatic carbocycles. The number of carboxylic acids is 1. The van der Waals surface area contributed by atoms with Gasteiger partial charge in [-0.05, 0) is 73.1 Å². The summed E-state index contributed by atoms with van der Waals surface area (Å²) in [5.74, 6) is -6.02. The number of likely N-dealkylation sites (tertiary alicyclic amines) is 1. The van der Waals surface area contributed by atoms with E-state index in [-0.39, 0.29) is 48.4 Å². The van der Waals surface area contributed by atoms with E-state index in [2.05, 4.69) is 0 Å². The number of carbonyl (C=O) groups is 5. The second kappa shape index (κ2) is 12.8. The van der Waals surface area contributed by atoms with Gasteiger partial charge in [-0.25, -0.2) is 4.90 Å². The second-order valence-electron chi connectivity index (χ2n) is 13.3. The molecular weight excluding hydrogens is 667 g/mol. The zero-order valence-electron chi connectivity index (χ0n) is 26.4. The lowest BCUT2D eigenvalue weighted by atomic mass is 9.49. The predicted octanol–water partition coefficient (Wildman–Crippen LogP) is 6.51. The molecule has 2 N–H and O–H groups in total. The number of imide groups is 2. The summed E-state index contributed by atoms with van der Waals surface area (Å²) in [5.41, 5.74) is 0.789. The average molecular weight is 702 g/mol. The van der Waals surface area contributed by atoms with Gasteiger partial charge < -0.3 is 10.2 Å². The standard InChI is InChI=1S/C38H34Cl2N2O7/c39-22-10-7-11-23(18-22)42-35(47)29-20-28-25(15-16-27-32(28)36(48)41(34(27)46)17-6-2-5-12-31(44)45)33(26-14-13-24(43)19-30(26)40)38(29,37(42)49)21-8-3-1-4-9-21/h1,3-4,7-11,13-15,18-19,27-29,32-33,43H,2,5-6,12,16-17,20H2,(H,44,45). The highest BCUT2D eigenvalue weighted by atomic mass is 35.5. The molecule has 7 rings (SSSR count). The van der Waals surface area contributed by atoms with Crippen LogP contribution < -0.4 is 4.90 Å². The molecule has 3 aromatic carbocycles. The molecule has 2 aliphatic heterocycles. The molecule has 6 unspecified atom stereocenters. The Morgan fingerprint density at radius 3 is 2.35 bits per heavy atom. The number of unbranched alkanes of at least 4 members (excludes halogenated alkanes) is 2. The van der Waals surface area contributed by atoms with E-state index < -0.39 is 52.8 Å². The fourth-order valence-electron chi connectivity index (χ4n) is 8.85. The van der Waals surface area contributed by atoms with Gasteiger partial charge in [0, 0.05) is 28.9 Å². The Morgan fingerprint density at radius 2 is 1.63 bits per heavy atom. The lowest BCUT2D eigenvalue weighted by Crippen LogP contribution is -2.53. The predicted molar refractivity (Wildman–Crippen MR) is 182 cm³/mol. The minimum atomic E-state index is -1.47. The number of carboxylic acid groups (broad SMARTS) is 1. The van der Waals surface area contributed by atoms with E-state index in [0.29, 0.717) is 41.1 Å². The van der Waals surface area contributed by atoms with E-state index in [1.807, 2.05) is 36.4 Å². The minimum absolute atomic E-state index is 0.0210. The van der Waals surface area contributed by atoms with Crippen molar-refractivity contribution < 1.29 is 34.2 Å². The maximum absolute atomic E-state index is 15.2. The number of phenols is 1. The summed E-state index contributed by atoms with van der Waals surface area (Å²) in [6.45, 7) is 0.191. The molecule has 4 aliphatic rings. The summed E-state index contributed by atoms with van der Waals surface area (Å²) >= 11 is 13.3. The van der Waals surface area contributed by atoms with E-state index in [4.69, 9.17) is 28.3 Å². The number of halogens is 2. The lowest BCUT2D eigenvalue weighted by molar-refractivity contribution is -0.141. The first kappa shape index (κ1) is 33.0. The molecule has 0 radical (unpaired) electrons. The number of aromatic hydroxyl groups is 1. The van der Waals surface area contributed by atoms with Crippen LogP contribution in [0.2, 0.25) is 10.0 Å². The first-order valence-corrected chi connectivity index (χ1v) is 17.3. The maximum atomic E-state index is 15.2. The van der Waals surface area contributed by atoms with Crippen LogP contribution in [0.25, 0.3) is 0 Å². The molecule has 11 heteroatoms. The summed E-state index contributed by atoms with van der Waals surface area (Å²) in [5, 5.41) is 19.9. The maximum Gasteiger partial charge on any atom is 0.303 e. The SMILES string of the molecule is O=C(O)CCCCCN1C(=O)C2CC=C3C(CC4C(=O)N(c5cccc(Cl)c5)C(=O)C4(c4ccccc4)C3c3ccc(O)cc3Cl)C2C1=O. The van der Waals surface area contributed by atoms with Crippen LogP contribution in [0.5, 0.6) is 5.75 Å². The van der Waals surface area contributed by atoms with Crippen LogP contribution >= 0.6 is 23.2 Å². The van der Waals surface area contributed by atoms with Crippen molar-refractivity contribution >= 4 is 58.5 Å². The van der Waals surface area contributed by atoms with Crippen molar-refractivity contribution in [2.75, 3.05) is 11.4 Å². The number of phenolic OH excluding ortho intramolecular Hbond substituents is 1. The van der Waals surface area contributed by atoms with Gasteiger partial charge in [-0.3, -0.25) is 28.9 Å². The van der Waals surface area contributed by atoms with Crippen molar-refractivity contribution in [1.29, 1.82) is 0 Å². The van der Waals surface area contributed by atoms with Gasteiger partial charge in [-0.15, -0.1) is 0 Å². The van der Waals surface area contributed by atoms with Gasteiger partial charge in [0.1, 0.15) is 5.75 Å². The van der Waals surface area contributed by atoms with E-state index in [0.717, 1.165) is 5.57 Å². The molecule has 1 saturated carbocycles. The van der Waals surface area contributed by atoms with Gasteiger partial charge in [-0.1, -0.05) is 83.7 Å². The monoisotopic (exact) mass is 700 g/mol. The van der Waals surface area contributed by atoms with Gasteiger partial charge in [0.05, 0.1) is 28.9 Å². The summed E-state index contributed by atoms with van der Waals surface area (Å²) < 4.78 is 0. The van der Waals surface area contributed by atoms with Gasteiger partial charge in [-0.2, -0.15) is 0 Å². The smallest absolute Gasteiger partial charge is 0.303 e. The molecule has 3 fully saturated rings. The van der Waals surface area contributed by atoms with Crippen molar-refractivity contribution in [3.63, 3.8) is 0 Å². The fourth-order valence-corrected chi connectivity index (χ4v) is 9.32. The quantitative estimate of drug-likeness (QED) is 0.148. The number of fused-ring (bicyclic) bond motifs is 4. The second-order valence-corrected chi connectivity index (χ2v) is 14.2. The van der Waals surface area contributed by atoms with E-state index >= 15 is 4.79 Å². The summed E-state index contributed by atoms with van der Waals surface area (Å²) in [7, 11) is 0. The highest BCUT2D eigenvalue weighted by Gasteiger charge is 2.70. The Balaban J connectivity index is 1.37. The molecule has 2 heterocycles. The molecule has 0 aromatic heterocycles. The zero-order valence-corrected chi connectivity index (χ0v) is 27.9. The van der Waals surface area contributed by atoms with Gasteiger partial charge in [0.25, 0.3) is 0 Å². The summed E-state index contributed by atoms with van der Waals surface area (Å²) in [4.78, 5) is 71.3. The van der Waals surface area contributed by atoms with Crippen LogP contribution in [0.15, 0.2) is 84.4 Å². The number of rotatable bonds is 9. The number of benzene rings is 3. The molecule has 2 saturated heterocycles. The van der Waals surface area contributed by atoms with Crippen LogP contribution in [-0.4, -0.2) is 51.3 Å². The molecule has 3 aromatic rings. The topological polar surface area (TPSA) is 132 Å². The fraction of sp³-hybridized carbons (Fsp3) is 0.342. The largest absolute Gasteiger partial charge is 0.508 e. The van der Waals surface area contributed by atoms with Gasteiger partial charge in [0.15, 0.2) is 0 Å². The van der Waals surface area contributed by atoms with E-state index in [9.17, 15) is 24.3 Å².